The molecule has 0 unspecified atom stereocenters. The van der Waals surface area contributed by atoms with Crippen LogP contribution < -0.4 is 5.32 Å². The van der Waals surface area contributed by atoms with Crippen molar-refractivity contribution in [1.29, 1.82) is 0 Å². The second-order valence-electron chi connectivity index (χ2n) is 4.37. The Hall–Kier alpha value is -1.13. The van der Waals surface area contributed by atoms with Gasteiger partial charge in [-0.3, -0.25) is 4.79 Å². The quantitative estimate of drug-likeness (QED) is 0.659. The van der Waals surface area contributed by atoms with Crippen molar-refractivity contribution in [3.63, 3.8) is 0 Å². The lowest BCUT2D eigenvalue weighted by Gasteiger charge is -2.11. The molecule has 0 radical (unpaired) electrons. The summed E-state index contributed by atoms with van der Waals surface area (Å²) in [6.45, 7) is 1.05. The average molecular weight is 269 g/mol. The zero-order chi connectivity index (χ0) is 12.8. The fourth-order valence-corrected chi connectivity index (χ4v) is 2.30. The standard InChI is InChI=1S/C13H17ClN2O2/c14-12-11(6-3-7-15-12)13(17)16-8-9-18-10-4-1-2-5-10/h3,6-7,10H,1-2,4-5,8-9H2,(H,16,17). The van der Waals surface area contributed by atoms with E-state index in [-0.39, 0.29) is 11.1 Å². The van der Waals surface area contributed by atoms with Crippen molar-refractivity contribution in [2.24, 2.45) is 0 Å². The van der Waals surface area contributed by atoms with Crippen molar-refractivity contribution in [3.8, 4) is 0 Å². The molecule has 18 heavy (non-hydrogen) atoms. The van der Waals surface area contributed by atoms with E-state index in [0.29, 0.717) is 24.8 Å². The molecule has 0 aromatic carbocycles. The summed E-state index contributed by atoms with van der Waals surface area (Å²) in [5.41, 5.74) is 0.403. The lowest BCUT2D eigenvalue weighted by Crippen LogP contribution is -2.28. The summed E-state index contributed by atoms with van der Waals surface area (Å²) in [4.78, 5) is 15.6. The highest BCUT2D eigenvalue weighted by atomic mass is 35.5. The zero-order valence-corrected chi connectivity index (χ0v) is 10.9. The van der Waals surface area contributed by atoms with Gasteiger partial charge in [-0.15, -0.1) is 0 Å². The minimum Gasteiger partial charge on any atom is -0.376 e. The van der Waals surface area contributed by atoms with E-state index in [2.05, 4.69) is 10.3 Å². The molecule has 1 amide bonds. The van der Waals surface area contributed by atoms with Crippen LogP contribution in [0.1, 0.15) is 36.0 Å². The molecule has 1 saturated carbocycles. The van der Waals surface area contributed by atoms with Gasteiger partial charge in [0.05, 0.1) is 18.3 Å². The Morgan fingerprint density at radius 1 is 1.50 bits per heavy atom. The van der Waals surface area contributed by atoms with Gasteiger partial charge in [-0.25, -0.2) is 4.98 Å². The van der Waals surface area contributed by atoms with Gasteiger partial charge in [-0.2, -0.15) is 0 Å². The highest BCUT2D eigenvalue weighted by molar-refractivity contribution is 6.32. The summed E-state index contributed by atoms with van der Waals surface area (Å²) in [6, 6.07) is 3.35. The van der Waals surface area contributed by atoms with Gasteiger partial charge in [0.2, 0.25) is 0 Å². The molecule has 0 saturated heterocycles. The highest BCUT2D eigenvalue weighted by Crippen LogP contribution is 2.20. The van der Waals surface area contributed by atoms with Crippen LogP contribution in [-0.2, 0) is 4.74 Å². The summed E-state index contributed by atoms with van der Waals surface area (Å²) < 4.78 is 5.66. The molecular formula is C13H17ClN2O2. The number of nitrogens with one attached hydrogen (secondary N) is 1. The molecule has 1 aromatic heterocycles. The van der Waals surface area contributed by atoms with E-state index in [1.54, 1.807) is 18.3 Å². The van der Waals surface area contributed by atoms with Crippen molar-refractivity contribution in [3.05, 3.63) is 29.0 Å². The van der Waals surface area contributed by atoms with Crippen LogP contribution in [-0.4, -0.2) is 30.1 Å². The summed E-state index contributed by atoms with van der Waals surface area (Å²) in [5.74, 6) is -0.205. The van der Waals surface area contributed by atoms with E-state index in [1.807, 2.05) is 0 Å². The lowest BCUT2D eigenvalue weighted by molar-refractivity contribution is 0.0582. The summed E-state index contributed by atoms with van der Waals surface area (Å²) in [7, 11) is 0. The van der Waals surface area contributed by atoms with E-state index >= 15 is 0 Å². The molecule has 1 aromatic rings. The van der Waals surface area contributed by atoms with Crippen molar-refractivity contribution < 1.29 is 9.53 Å². The first-order valence-corrected chi connectivity index (χ1v) is 6.65. The predicted molar refractivity (Wildman–Crippen MR) is 69.8 cm³/mol. The fourth-order valence-electron chi connectivity index (χ4n) is 2.10. The molecule has 5 heteroatoms. The Bertz CT molecular complexity index is 406. The number of ether oxygens (including phenoxy) is 1. The molecular weight excluding hydrogens is 252 g/mol. The van der Waals surface area contributed by atoms with E-state index in [4.69, 9.17) is 16.3 Å². The third kappa shape index (κ3) is 3.68. The van der Waals surface area contributed by atoms with Crippen LogP contribution in [0.4, 0.5) is 0 Å². The van der Waals surface area contributed by atoms with Gasteiger partial charge in [0.25, 0.3) is 5.91 Å². The number of hydrogen-bond donors (Lipinski definition) is 1. The van der Waals surface area contributed by atoms with Crippen molar-refractivity contribution in [2.75, 3.05) is 13.2 Å². The maximum atomic E-state index is 11.8. The smallest absolute Gasteiger partial charge is 0.254 e. The molecule has 4 nitrogen and oxygen atoms in total. The Morgan fingerprint density at radius 3 is 3.00 bits per heavy atom. The van der Waals surface area contributed by atoms with Crippen molar-refractivity contribution in [1.82, 2.24) is 10.3 Å². The maximum absolute atomic E-state index is 11.8. The number of aromatic nitrogens is 1. The van der Waals surface area contributed by atoms with Gasteiger partial charge < -0.3 is 10.1 Å². The monoisotopic (exact) mass is 268 g/mol. The van der Waals surface area contributed by atoms with E-state index in [9.17, 15) is 4.79 Å². The second kappa shape index (κ2) is 6.71. The number of hydrogen-bond acceptors (Lipinski definition) is 3. The Kier molecular flexibility index (Phi) is 4.96. The Labute approximate surface area is 112 Å². The van der Waals surface area contributed by atoms with Crippen LogP contribution in [0, 0.1) is 0 Å². The van der Waals surface area contributed by atoms with Crippen molar-refractivity contribution in [2.45, 2.75) is 31.8 Å². The molecule has 2 rings (SSSR count). The number of amides is 1. The Morgan fingerprint density at radius 2 is 2.28 bits per heavy atom. The number of carbonyl (C=O) groups is 1. The first-order chi connectivity index (χ1) is 8.77. The van der Waals surface area contributed by atoms with Crippen molar-refractivity contribution >= 4 is 17.5 Å². The van der Waals surface area contributed by atoms with E-state index < -0.39 is 0 Å². The normalized spacial score (nSPS) is 15.8. The average Bonchev–Trinajstić information content (AvgIpc) is 2.88. The number of rotatable bonds is 5. The lowest BCUT2D eigenvalue weighted by atomic mass is 10.2. The van der Waals surface area contributed by atoms with Gasteiger partial charge in [-0.05, 0) is 25.0 Å². The third-order valence-corrected chi connectivity index (χ3v) is 3.35. The van der Waals surface area contributed by atoms with Crippen LogP contribution >= 0.6 is 11.6 Å². The fraction of sp³-hybridized carbons (Fsp3) is 0.538. The molecule has 0 bridgehead atoms. The topological polar surface area (TPSA) is 51.2 Å². The van der Waals surface area contributed by atoms with Gasteiger partial charge in [0.1, 0.15) is 5.15 Å². The molecule has 0 spiro atoms. The molecule has 0 aliphatic heterocycles. The minimum absolute atomic E-state index is 0.205. The van der Waals surface area contributed by atoms with Gasteiger partial charge >= 0.3 is 0 Å². The molecule has 98 valence electrons. The van der Waals surface area contributed by atoms with E-state index in [0.717, 1.165) is 12.8 Å². The first kappa shape index (κ1) is 13.3. The zero-order valence-electron chi connectivity index (χ0n) is 10.2. The van der Waals surface area contributed by atoms with Gasteiger partial charge in [-0.1, -0.05) is 24.4 Å². The van der Waals surface area contributed by atoms with Gasteiger partial charge in [0.15, 0.2) is 0 Å². The summed E-state index contributed by atoms with van der Waals surface area (Å²) in [6.07, 6.45) is 6.72. The summed E-state index contributed by atoms with van der Waals surface area (Å²) >= 11 is 5.83. The van der Waals surface area contributed by atoms with Gasteiger partial charge in [0, 0.05) is 12.7 Å². The first-order valence-electron chi connectivity index (χ1n) is 6.27. The minimum atomic E-state index is -0.205. The number of pyridine rings is 1. The van der Waals surface area contributed by atoms with Crippen LogP contribution in [0.3, 0.4) is 0 Å². The molecule has 1 N–H and O–H groups in total. The van der Waals surface area contributed by atoms with Crippen LogP contribution in [0.25, 0.3) is 0 Å². The molecule has 1 fully saturated rings. The number of nitrogens with zero attached hydrogens (tertiary/aromatic N) is 1. The SMILES string of the molecule is O=C(NCCOC1CCCC1)c1cccnc1Cl. The largest absolute Gasteiger partial charge is 0.376 e. The summed E-state index contributed by atoms with van der Waals surface area (Å²) in [5, 5.41) is 3.00. The molecule has 1 aliphatic rings. The molecule has 1 heterocycles. The maximum Gasteiger partial charge on any atom is 0.254 e. The third-order valence-electron chi connectivity index (χ3n) is 3.05. The van der Waals surface area contributed by atoms with Crippen LogP contribution in [0.5, 0.6) is 0 Å². The van der Waals surface area contributed by atoms with Crippen LogP contribution in [0.2, 0.25) is 5.15 Å². The van der Waals surface area contributed by atoms with E-state index in [1.165, 1.54) is 12.8 Å². The Balaban J connectivity index is 1.70. The highest BCUT2D eigenvalue weighted by Gasteiger charge is 2.15. The molecule has 0 atom stereocenters. The number of halogens is 1. The second-order valence-corrected chi connectivity index (χ2v) is 4.73. The number of carbonyl (C=O) groups excluding carboxylic acids is 1. The van der Waals surface area contributed by atoms with Crippen LogP contribution in [0.15, 0.2) is 18.3 Å². The molecule has 1 aliphatic carbocycles. The predicted octanol–water partition coefficient (Wildman–Crippen LogP) is 2.42.